The van der Waals surface area contributed by atoms with Crippen molar-refractivity contribution in [1.82, 2.24) is 14.9 Å². The summed E-state index contributed by atoms with van der Waals surface area (Å²) in [6, 6.07) is 11.8. The van der Waals surface area contributed by atoms with Crippen LogP contribution in [0, 0.1) is 0 Å². The van der Waals surface area contributed by atoms with Crippen LogP contribution >= 0.6 is 15.9 Å². The minimum atomic E-state index is -0.355. The number of hydrogen-bond donors (Lipinski definition) is 3. The maximum Gasteiger partial charge on any atom is 0.319 e. The van der Waals surface area contributed by atoms with Crippen molar-refractivity contribution in [1.29, 1.82) is 0 Å². The number of aryl methyl sites for hydroxylation is 1. The second-order valence-electron chi connectivity index (χ2n) is 7.00. The molecule has 0 atom stereocenters. The van der Waals surface area contributed by atoms with Crippen LogP contribution in [0.1, 0.15) is 20.3 Å². The first kappa shape index (κ1) is 21.5. The van der Waals surface area contributed by atoms with E-state index in [2.05, 4.69) is 36.9 Å². The van der Waals surface area contributed by atoms with Crippen molar-refractivity contribution < 1.29 is 9.59 Å². The quantitative estimate of drug-likeness (QED) is 0.509. The van der Waals surface area contributed by atoms with E-state index in [9.17, 15) is 14.4 Å². The zero-order valence-electron chi connectivity index (χ0n) is 16.6. The summed E-state index contributed by atoms with van der Waals surface area (Å²) in [6.07, 6.45) is 1.52. The monoisotopic (exact) mass is 471 g/mol. The van der Waals surface area contributed by atoms with Gasteiger partial charge < -0.3 is 16.0 Å². The highest BCUT2D eigenvalue weighted by Gasteiger charge is 2.11. The summed E-state index contributed by atoms with van der Waals surface area (Å²) in [5.41, 5.74) is 1.36. The average molecular weight is 472 g/mol. The zero-order valence-corrected chi connectivity index (χ0v) is 18.2. The summed E-state index contributed by atoms with van der Waals surface area (Å²) in [6.45, 7) is 3.90. The second-order valence-corrected chi connectivity index (χ2v) is 7.92. The van der Waals surface area contributed by atoms with E-state index in [1.807, 2.05) is 19.9 Å². The molecule has 3 N–H and O–H groups in total. The number of para-hydroxylation sites is 2. The van der Waals surface area contributed by atoms with Gasteiger partial charge in [-0.15, -0.1) is 0 Å². The molecule has 0 aliphatic heterocycles. The van der Waals surface area contributed by atoms with E-state index in [1.54, 1.807) is 36.4 Å². The van der Waals surface area contributed by atoms with Gasteiger partial charge in [0, 0.05) is 23.5 Å². The molecule has 0 unspecified atom stereocenters. The maximum absolute atomic E-state index is 12.6. The minimum absolute atomic E-state index is 0.0127. The molecule has 3 aromatic rings. The molecule has 2 aromatic carbocycles. The molecule has 0 bridgehead atoms. The first-order valence-corrected chi connectivity index (χ1v) is 10.2. The predicted molar refractivity (Wildman–Crippen MR) is 121 cm³/mol. The standard InChI is InChI=1S/C21H22BrN5O3/c1-13(2)24-21(30)26-18-6-4-3-5-17(18)25-19(28)9-10-27-12-23-16-8-7-14(22)11-15(16)20(27)29/h3-8,11-13H,9-10H2,1-2H3,(H,25,28)(H2,24,26,30). The molecule has 0 aliphatic carbocycles. The van der Waals surface area contributed by atoms with Gasteiger partial charge in [-0.3, -0.25) is 14.2 Å². The Balaban J connectivity index is 1.67. The fourth-order valence-corrected chi connectivity index (χ4v) is 3.21. The first-order valence-electron chi connectivity index (χ1n) is 9.44. The van der Waals surface area contributed by atoms with Crippen LogP contribution < -0.4 is 21.5 Å². The van der Waals surface area contributed by atoms with Gasteiger partial charge >= 0.3 is 6.03 Å². The Morgan fingerprint density at radius 1 is 1.10 bits per heavy atom. The molecule has 0 fully saturated rings. The van der Waals surface area contributed by atoms with Gasteiger partial charge in [0.1, 0.15) is 0 Å². The second kappa shape index (κ2) is 9.53. The Kier molecular flexibility index (Phi) is 6.83. The molecule has 0 radical (unpaired) electrons. The maximum atomic E-state index is 12.6. The van der Waals surface area contributed by atoms with Gasteiger partial charge in [0.05, 0.1) is 28.6 Å². The van der Waals surface area contributed by atoms with E-state index in [0.717, 1.165) is 4.47 Å². The highest BCUT2D eigenvalue weighted by atomic mass is 79.9. The summed E-state index contributed by atoms with van der Waals surface area (Å²) in [5.74, 6) is -0.283. The Bertz CT molecular complexity index is 1140. The van der Waals surface area contributed by atoms with E-state index in [-0.39, 0.29) is 36.5 Å². The first-order chi connectivity index (χ1) is 14.3. The number of nitrogens with zero attached hydrogens (tertiary/aromatic N) is 2. The molecule has 0 spiro atoms. The molecule has 3 rings (SSSR count). The van der Waals surface area contributed by atoms with Gasteiger partial charge in [0.15, 0.2) is 0 Å². The number of fused-ring (bicyclic) bond motifs is 1. The Hall–Kier alpha value is -3.20. The van der Waals surface area contributed by atoms with E-state index < -0.39 is 0 Å². The number of carbonyl (C=O) groups excluding carboxylic acids is 2. The predicted octanol–water partition coefficient (Wildman–Crippen LogP) is 3.72. The molecular weight excluding hydrogens is 450 g/mol. The molecule has 8 nitrogen and oxygen atoms in total. The molecule has 0 saturated carbocycles. The van der Waals surface area contributed by atoms with Crippen molar-refractivity contribution in [3.63, 3.8) is 0 Å². The van der Waals surface area contributed by atoms with Crippen LogP contribution in [-0.4, -0.2) is 27.5 Å². The zero-order chi connectivity index (χ0) is 21.7. The fourth-order valence-electron chi connectivity index (χ4n) is 2.85. The molecule has 9 heteroatoms. The Labute approximate surface area is 181 Å². The molecule has 0 aliphatic rings. The lowest BCUT2D eigenvalue weighted by Gasteiger charge is -2.14. The Morgan fingerprint density at radius 2 is 1.80 bits per heavy atom. The van der Waals surface area contributed by atoms with Crippen molar-refractivity contribution in [2.75, 3.05) is 10.6 Å². The summed E-state index contributed by atoms with van der Waals surface area (Å²) in [4.78, 5) is 41.3. The van der Waals surface area contributed by atoms with Crippen molar-refractivity contribution in [2.45, 2.75) is 32.9 Å². The van der Waals surface area contributed by atoms with Crippen molar-refractivity contribution in [2.24, 2.45) is 0 Å². The normalized spacial score (nSPS) is 10.8. The van der Waals surface area contributed by atoms with Crippen LogP contribution in [-0.2, 0) is 11.3 Å². The highest BCUT2D eigenvalue weighted by molar-refractivity contribution is 9.10. The molecule has 1 heterocycles. The summed E-state index contributed by atoms with van der Waals surface area (Å²) in [7, 11) is 0. The van der Waals surface area contributed by atoms with Gasteiger partial charge in [-0.25, -0.2) is 9.78 Å². The van der Waals surface area contributed by atoms with Crippen LogP contribution in [0.15, 0.2) is 58.1 Å². The number of halogens is 1. The topological polar surface area (TPSA) is 105 Å². The third kappa shape index (κ3) is 5.44. The fraction of sp³-hybridized carbons (Fsp3) is 0.238. The van der Waals surface area contributed by atoms with Gasteiger partial charge in [-0.2, -0.15) is 0 Å². The van der Waals surface area contributed by atoms with Crippen LogP contribution in [0.2, 0.25) is 0 Å². The number of urea groups is 1. The summed E-state index contributed by atoms with van der Waals surface area (Å²) < 4.78 is 2.20. The lowest BCUT2D eigenvalue weighted by Crippen LogP contribution is -2.34. The molecular formula is C21H22BrN5O3. The van der Waals surface area contributed by atoms with Crippen molar-refractivity contribution >= 4 is 50.1 Å². The average Bonchev–Trinajstić information content (AvgIpc) is 2.69. The van der Waals surface area contributed by atoms with Crippen LogP contribution in [0.3, 0.4) is 0 Å². The van der Waals surface area contributed by atoms with Crippen molar-refractivity contribution in [3.05, 3.63) is 63.6 Å². The molecule has 1 aromatic heterocycles. The third-order valence-corrected chi connectivity index (χ3v) is 4.73. The molecule has 0 saturated heterocycles. The number of anilines is 2. The molecule has 3 amide bonds. The van der Waals surface area contributed by atoms with Crippen LogP contribution in [0.4, 0.5) is 16.2 Å². The minimum Gasteiger partial charge on any atom is -0.336 e. The molecule has 30 heavy (non-hydrogen) atoms. The smallest absolute Gasteiger partial charge is 0.319 e. The van der Waals surface area contributed by atoms with Gasteiger partial charge in [0.2, 0.25) is 5.91 Å². The van der Waals surface area contributed by atoms with E-state index in [1.165, 1.54) is 10.9 Å². The van der Waals surface area contributed by atoms with Gasteiger partial charge in [0.25, 0.3) is 5.56 Å². The Morgan fingerprint density at radius 3 is 2.50 bits per heavy atom. The SMILES string of the molecule is CC(C)NC(=O)Nc1ccccc1NC(=O)CCn1cnc2ccc(Br)cc2c1=O. The third-order valence-electron chi connectivity index (χ3n) is 4.23. The number of hydrogen-bond acceptors (Lipinski definition) is 4. The van der Waals surface area contributed by atoms with Crippen LogP contribution in [0.25, 0.3) is 10.9 Å². The summed E-state index contributed by atoms with van der Waals surface area (Å²) in [5, 5.41) is 8.72. The van der Waals surface area contributed by atoms with Crippen LogP contribution in [0.5, 0.6) is 0 Å². The number of benzene rings is 2. The highest BCUT2D eigenvalue weighted by Crippen LogP contribution is 2.21. The van der Waals surface area contributed by atoms with E-state index >= 15 is 0 Å². The van der Waals surface area contributed by atoms with Crippen molar-refractivity contribution in [3.8, 4) is 0 Å². The number of rotatable bonds is 6. The lowest BCUT2D eigenvalue weighted by molar-refractivity contribution is -0.116. The number of nitrogens with one attached hydrogen (secondary N) is 3. The van der Waals surface area contributed by atoms with Gasteiger partial charge in [-0.05, 0) is 44.2 Å². The number of carbonyl (C=O) groups is 2. The largest absolute Gasteiger partial charge is 0.336 e. The van der Waals surface area contributed by atoms with E-state index in [4.69, 9.17) is 0 Å². The summed E-state index contributed by atoms with van der Waals surface area (Å²) >= 11 is 3.35. The lowest BCUT2D eigenvalue weighted by atomic mass is 10.2. The van der Waals surface area contributed by atoms with E-state index in [0.29, 0.717) is 22.3 Å². The number of aromatic nitrogens is 2. The van der Waals surface area contributed by atoms with Gasteiger partial charge in [-0.1, -0.05) is 28.1 Å². The number of amides is 3. The molecule has 156 valence electrons.